The minimum absolute atomic E-state index is 0.158. The van der Waals surface area contributed by atoms with Gasteiger partial charge in [-0.05, 0) is 75.6 Å². The molecular weight excluding hydrogens is 666 g/mol. The fourth-order valence-corrected chi connectivity index (χ4v) is 5.41. The monoisotopic (exact) mass is 712 g/mol. The minimum Gasteiger partial charge on any atom is -0.467 e. The third-order valence-electron chi connectivity index (χ3n) is 8.37. The SMILES string of the molecule is COC(=O)C1(NC(=O)[C@H](C)NC(=O)Cc2cc(F)cc(F)c2)CC1.COC(=O)[C@H](Cc1ccccc1)NC(=O)[C@H](C)NC(=O)CC1=CCCCC1. The summed E-state index contributed by atoms with van der Waals surface area (Å²) in [5, 5.41) is 10.4. The van der Waals surface area contributed by atoms with Crippen molar-refractivity contribution in [2.24, 2.45) is 0 Å². The Morgan fingerprint density at radius 1 is 0.765 bits per heavy atom. The van der Waals surface area contributed by atoms with E-state index >= 15 is 0 Å². The van der Waals surface area contributed by atoms with Crippen molar-refractivity contribution in [2.45, 2.75) is 95.3 Å². The van der Waals surface area contributed by atoms with Gasteiger partial charge in [0.05, 0.1) is 20.6 Å². The van der Waals surface area contributed by atoms with Crippen LogP contribution in [0.15, 0.2) is 60.2 Å². The number of rotatable bonds is 14. The molecule has 2 aromatic carbocycles. The number of benzene rings is 2. The van der Waals surface area contributed by atoms with Gasteiger partial charge in [0, 0.05) is 18.9 Å². The molecule has 3 atom stereocenters. The van der Waals surface area contributed by atoms with Crippen molar-refractivity contribution in [1.82, 2.24) is 21.3 Å². The van der Waals surface area contributed by atoms with E-state index in [0.717, 1.165) is 42.5 Å². The van der Waals surface area contributed by atoms with Crippen molar-refractivity contribution in [2.75, 3.05) is 14.2 Å². The molecule has 1 saturated carbocycles. The molecule has 1 fully saturated rings. The normalized spacial score (nSPS) is 15.9. The molecule has 0 radical (unpaired) electrons. The summed E-state index contributed by atoms with van der Waals surface area (Å²) in [4.78, 5) is 72.2. The van der Waals surface area contributed by atoms with Crippen molar-refractivity contribution < 1.29 is 47.0 Å². The van der Waals surface area contributed by atoms with Crippen LogP contribution in [-0.4, -0.2) is 73.5 Å². The lowest BCUT2D eigenvalue weighted by Gasteiger charge is -2.20. The molecule has 4 N–H and O–H groups in total. The number of allylic oxidation sites excluding steroid dienone is 1. The molecule has 0 aromatic heterocycles. The molecule has 0 bridgehead atoms. The number of hydrogen-bond acceptors (Lipinski definition) is 8. The van der Waals surface area contributed by atoms with Crippen LogP contribution in [0.4, 0.5) is 8.78 Å². The number of methoxy groups -OCH3 is 2. The molecular formula is C37H46F2N4O8. The van der Waals surface area contributed by atoms with E-state index in [9.17, 15) is 37.5 Å². The van der Waals surface area contributed by atoms with Gasteiger partial charge < -0.3 is 30.7 Å². The molecule has 2 aliphatic rings. The van der Waals surface area contributed by atoms with Crippen LogP contribution in [0.25, 0.3) is 0 Å². The summed E-state index contributed by atoms with van der Waals surface area (Å²) in [6.45, 7) is 3.06. The Kier molecular flexibility index (Phi) is 15.3. The van der Waals surface area contributed by atoms with Gasteiger partial charge in [-0.3, -0.25) is 19.2 Å². The van der Waals surface area contributed by atoms with Crippen LogP contribution in [0, 0.1) is 11.6 Å². The zero-order valence-electron chi connectivity index (χ0n) is 29.3. The zero-order valence-corrected chi connectivity index (χ0v) is 29.3. The second kappa shape index (κ2) is 19.3. The van der Waals surface area contributed by atoms with E-state index in [0.29, 0.717) is 31.7 Å². The van der Waals surface area contributed by atoms with Crippen molar-refractivity contribution >= 4 is 35.6 Å². The maximum Gasteiger partial charge on any atom is 0.331 e. The topological polar surface area (TPSA) is 169 Å². The Bertz CT molecular complexity index is 1580. The van der Waals surface area contributed by atoms with Crippen molar-refractivity contribution in [3.05, 3.63) is 82.9 Å². The van der Waals surface area contributed by atoms with E-state index in [2.05, 4.69) is 32.1 Å². The summed E-state index contributed by atoms with van der Waals surface area (Å²) in [6.07, 6.45) is 7.68. The first-order valence-corrected chi connectivity index (χ1v) is 16.8. The molecule has 14 heteroatoms. The highest BCUT2D eigenvalue weighted by Crippen LogP contribution is 2.36. The lowest BCUT2D eigenvalue weighted by atomic mass is 9.97. The number of amides is 4. The van der Waals surface area contributed by atoms with Gasteiger partial charge in [-0.25, -0.2) is 18.4 Å². The molecule has 51 heavy (non-hydrogen) atoms. The van der Waals surface area contributed by atoms with Gasteiger partial charge in [-0.15, -0.1) is 0 Å². The molecule has 0 heterocycles. The zero-order chi connectivity index (χ0) is 37.6. The standard InChI is InChI=1S/C21H28N2O4.C16H18F2N2O4/c1-15(22-19(24)14-17-11-7-4-8-12-17)20(25)23-18(21(26)27-2)13-16-9-5-3-6-10-16;1-9(14(22)20-16(3-4-16)15(23)24-2)19-13(21)7-10-5-11(17)8-12(18)6-10/h3,5-6,9-11,15,18H,4,7-8,12-14H2,1-2H3,(H,22,24)(H,23,25);5-6,8-9H,3-4,7H2,1-2H3,(H,19,21)(H,20,22)/t15-,18-;9-/m00/s1. The molecule has 12 nitrogen and oxygen atoms in total. The third kappa shape index (κ3) is 13.3. The predicted molar refractivity (Wildman–Crippen MR) is 183 cm³/mol. The largest absolute Gasteiger partial charge is 0.467 e. The summed E-state index contributed by atoms with van der Waals surface area (Å²) in [5.74, 6) is -4.28. The second-order valence-corrected chi connectivity index (χ2v) is 12.7. The summed E-state index contributed by atoms with van der Waals surface area (Å²) < 4.78 is 35.6. The lowest BCUT2D eigenvalue weighted by molar-refractivity contribution is -0.146. The summed E-state index contributed by atoms with van der Waals surface area (Å²) in [7, 11) is 2.52. The first-order chi connectivity index (χ1) is 24.2. The Morgan fingerprint density at radius 3 is 1.92 bits per heavy atom. The minimum atomic E-state index is -1.00. The van der Waals surface area contributed by atoms with E-state index in [1.165, 1.54) is 27.6 Å². The Hall–Kier alpha value is -5.14. The Morgan fingerprint density at radius 2 is 1.37 bits per heavy atom. The predicted octanol–water partition coefficient (Wildman–Crippen LogP) is 3.12. The van der Waals surface area contributed by atoms with Crippen LogP contribution in [0.1, 0.15) is 69.9 Å². The summed E-state index contributed by atoms with van der Waals surface area (Å²) >= 11 is 0. The fraction of sp³-hybridized carbons (Fsp3) is 0.459. The third-order valence-corrected chi connectivity index (χ3v) is 8.37. The number of ether oxygens (including phenoxy) is 2. The first-order valence-electron chi connectivity index (χ1n) is 16.8. The van der Waals surface area contributed by atoms with Gasteiger partial charge in [0.2, 0.25) is 23.6 Å². The van der Waals surface area contributed by atoms with Crippen LogP contribution in [0.3, 0.4) is 0 Å². The van der Waals surface area contributed by atoms with Crippen molar-refractivity contribution in [3.63, 3.8) is 0 Å². The van der Waals surface area contributed by atoms with E-state index in [1.54, 1.807) is 6.92 Å². The average Bonchev–Trinajstić information content (AvgIpc) is 3.88. The van der Waals surface area contributed by atoms with Gasteiger partial charge in [0.25, 0.3) is 0 Å². The van der Waals surface area contributed by atoms with E-state index in [-0.39, 0.29) is 17.9 Å². The lowest BCUT2D eigenvalue weighted by Crippen LogP contribution is -2.52. The molecule has 2 aliphatic carbocycles. The highest BCUT2D eigenvalue weighted by Gasteiger charge is 2.52. The van der Waals surface area contributed by atoms with Gasteiger partial charge in [-0.1, -0.05) is 42.0 Å². The molecule has 0 unspecified atom stereocenters. The maximum atomic E-state index is 13.1. The van der Waals surface area contributed by atoms with Gasteiger partial charge in [0.15, 0.2) is 0 Å². The first kappa shape index (κ1) is 40.3. The molecule has 0 spiro atoms. The summed E-state index contributed by atoms with van der Waals surface area (Å²) in [6, 6.07) is 9.74. The fourth-order valence-electron chi connectivity index (χ4n) is 5.41. The van der Waals surface area contributed by atoms with Crippen molar-refractivity contribution in [1.29, 1.82) is 0 Å². The van der Waals surface area contributed by atoms with Gasteiger partial charge >= 0.3 is 11.9 Å². The molecule has 2 aromatic rings. The number of carbonyl (C=O) groups excluding carboxylic acids is 6. The molecule has 0 saturated heterocycles. The highest BCUT2D eigenvalue weighted by molar-refractivity contribution is 5.94. The maximum absolute atomic E-state index is 13.1. The van der Waals surface area contributed by atoms with Gasteiger partial charge in [0.1, 0.15) is 35.3 Å². The second-order valence-electron chi connectivity index (χ2n) is 12.7. The average molecular weight is 713 g/mol. The summed E-state index contributed by atoms with van der Waals surface area (Å²) in [5.41, 5.74) is 1.19. The van der Waals surface area contributed by atoms with Crippen LogP contribution < -0.4 is 21.3 Å². The Labute approximate surface area is 296 Å². The van der Waals surface area contributed by atoms with Crippen LogP contribution >= 0.6 is 0 Å². The highest BCUT2D eigenvalue weighted by atomic mass is 19.1. The Balaban J connectivity index is 0.000000277. The molecule has 4 rings (SSSR count). The van der Waals surface area contributed by atoms with Gasteiger partial charge in [-0.2, -0.15) is 0 Å². The molecule has 0 aliphatic heterocycles. The number of esters is 2. The molecule has 276 valence electrons. The molecule has 4 amide bonds. The van der Waals surface area contributed by atoms with Crippen LogP contribution in [0.2, 0.25) is 0 Å². The number of nitrogens with one attached hydrogen (secondary N) is 4. The van der Waals surface area contributed by atoms with Crippen molar-refractivity contribution in [3.8, 4) is 0 Å². The number of halogens is 2. The van der Waals surface area contributed by atoms with E-state index in [1.807, 2.05) is 30.3 Å². The van der Waals surface area contributed by atoms with Crippen LogP contribution in [-0.2, 0) is 51.1 Å². The number of carbonyl (C=O) groups is 6. The number of hydrogen-bond donors (Lipinski definition) is 4. The van der Waals surface area contributed by atoms with E-state index < -0.39 is 65.0 Å². The quantitative estimate of drug-likeness (QED) is 0.171. The smallest absolute Gasteiger partial charge is 0.331 e. The van der Waals surface area contributed by atoms with E-state index in [4.69, 9.17) is 4.74 Å². The van der Waals surface area contributed by atoms with Crippen LogP contribution in [0.5, 0.6) is 0 Å².